The summed E-state index contributed by atoms with van der Waals surface area (Å²) in [4.78, 5) is 15.4. The van der Waals surface area contributed by atoms with Crippen LogP contribution in [-0.4, -0.2) is 37.2 Å². The summed E-state index contributed by atoms with van der Waals surface area (Å²) in [5.74, 6) is 1.21. The van der Waals surface area contributed by atoms with E-state index in [4.69, 9.17) is 9.84 Å². The van der Waals surface area contributed by atoms with Crippen molar-refractivity contribution in [3.8, 4) is 5.75 Å². The molecular weight excluding hydrogens is 406 g/mol. The van der Waals surface area contributed by atoms with E-state index in [2.05, 4.69) is 52.1 Å². The number of aliphatic hydroxyl groups excluding tert-OH is 1. The molecule has 0 saturated carbocycles. The molecule has 0 saturated heterocycles. The van der Waals surface area contributed by atoms with Crippen LogP contribution in [0.3, 0.4) is 0 Å². The Bertz CT molecular complexity index is 906. The molecule has 0 radical (unpaired) electrons. The van der Waals surface area contributed by atoms with Crippen LogP contribution in [0.25, 0.3) is 0 Å². The maximum Gasteiger partial charge on any atom is 0.173 e. The zero-order valence-corrected chi connectivity index (χ0v) is 20.5. The highest BCUT2D eigenvalue weighted by atomic mass is 32.1. The van der Waals surface area contributed by atoms with E-state index in [1.54, 1.807) is 11.3 Å². The number of fused-ring (bicyclic) bond motifs is 1. The van der Waals surface area contributed by atoms with E-state index >= 15 is 0 Å². The van der Waals surface area contributed by atoms with Crippen LogP contribution in [0.1, 0.15) is 69.1 Å². The van der Waals surface area contributed by atoms with Crippen LogP contribution >= 0.6 is 11.3 Å². The van der Waals surface area contributed by atoms with Crippen LogP contribution in [-0.2, 0) is 19.3 Å². The number of hydrogen-bond acceptors (Lipinski definition) is 5. The summed E-state index contributed by atoms with van der Waals surface area (Å²) < 4.78 is 5.94. The van der Waals surface area contributed by atoms with Gasteiger partial charge in [0.2, 0.25) is 0 Å². The first-order valence-corrected chi connectivity index (χ1v) is 12.2. The average molecular weight is 444 g/mol. The Morgan fingerprint density at radius 3 is 2.55 bits per heavy atom. The van der Waals surface area contributed by atoms with E-state index < -0.39 is 0 Å². The van der Waals surface area contributed by atoms with Crippen molar-refractivity contribution in [1.82, 2.24) is 5.32 Å². The fourth-order valence-electron chi connectivity index (χ4n) is 4.59. The van der Waals surface area contributed by atoms with Gasteiger partial charge < -0.3 is 15.2 Å². The Balaban J connectivity index is 1.62. The largest absolute Gasteiger partial charge is 0.492 e. The molecule has 3 rings (SSSR count). The number of ketones is 1. The van der Waals surface area contributed by atoms with E-state index in [-0.39, 0.29) is 6.61 Å². The molecule has 1 aromatic carbocycles. The maximum atomic E-state index is 13.1. The van der Waals surface area contributed by atoms with E-state index in [0.29, 0.717) is 37.3 Å². The number of hydrogen-bond donors (Lipinski definition) is 2. The molecule has 4 nitrogen and oxygen atoms in total. The highest BCUT2D eigenvalue weighted by Gasteiger charge is 2.31. The van der Waals surface area contributed by atoms with Crippen LogP contribution < -0.4 is 10.1 Å². The lowest BCUT2D eigenvalue weighted by molar-refractivity contribution is 0.0985. The molecule has 1 aliphatic rings. The summed E-state index contributed by atoms with van der Waals surface area (Å²) >= 11 is 1.71. The van der Waals surface area contributed by atoms with Crippen molar-refractivity contribution in [2.45, 2.75) is 66.7 Å². The Labute approximate surface area is 191 Å². The fourth-order valence-corrected chi connectivity index (χ4v) is 5.78. The number of carbonyl (C=O) groups is 1. The lowest BCUT2D eigenvalue weighted by atomic mass is 9.74. The quantitative estimate of drug-likeness (QED) is 0.402. The third-order valence-corrected chi connectivity index (χ3v) is 7.48. The van der Waals surface area contributed by atoms with Gasteiger partial charge in [-0.15, -0.1) is 11.3 Å². The molecule has 0 spiro atoms. The third-order valence-electron chi connectivity index (χ3n) is 6.25. The SMILES string of the molecule is Cc1cc(CCC(=O)c2sc(C)c3c2CCC(C)(C)C3)cc(C)c1OCCNCCO. The minimum absolute atomic E-state index is 0.136. The minimum atomic E-state index is 0.136. The van der Waals surface area contributed by atoms with Gasteiger partial charge in [-0.05, 0) is 79.7 Å². The Kier molecular flexibility index (Phi) is 7.95. The first-order valence-electron chi connectivity index (χ1n) is 11.4. The molecule has 31 heavy (non-hydrogen) atoms. The van der Waals surface area contributed by atoms with E-state index in [1.807, 2.05) is 0 Å². The molecule has 0 amide bonds. The van der Waals surface area contributed by atoms with Crippen molar-refractivity contribution < 1.29 is 14.6 Å². The van der Waals surface area contributed by atoms with Crippen LogP contribution in [0, 0.1) is 26.2 Å². The van der Waals surface area contributed by atoms with Crippen LogP contribution in [0.2, 0.25) is 0 Å². The van der Waals surface area contributed by atoms with Gasteiger partial charge in [0.05, 0.1) is 11.5 Å². The predicted octanol–water partition coefficient (Wildman–Crippen LogP) is 4.96. The van der Waals surface area contributed by atoms with Gasteiger partial charge in [0, 0.05) is 24.4 Å². The number of benzene rings is 1. The molecule has 0 fully saturated rings. The van der Waals surface area contributed by atoms with Gasteiger partial charge in [-0.25, -0.2) is 0 Å². The van der Waals surface area contributed by atoms with Gasteiger partial charge in [-0.2, -0.15) is 0 Å². The van der Waals surface area contributed by atoms with E-state index in [0.717, 1.165) is 47.4 Å². The highest BCUT2D eigenvalue weighted by Crippen LogP contribution is 2.41. The lowest BCUT2D eigenvalue weighted by Gasteiger charge is -2.30. The topological polar surface area (TPSA) is 58.6 Å². The number of Topliss-reactive ketones (excluding diaryl/α,β-unsaturated/α-hetero) is 1. The van der Waals surface area contributed by atoms with Crippen molar-refractivity contribution in [2.24, 2.45) is 5.41 Å². The highest BCUT2D eigenvalue weighted by molar-refractivity contribution is 7.14. The molecule has 1 aliphatic carbocycles. The first kappa shape index (κ1) is 24.0. The standard InChI is InChI=1S/C26H37NO3S/c1-17-14-20(15-18(2)24(17)30-13-11-27-10-12-28)6-7-23(29)25-21-8-9-26(4,5)16-22(21)19(3)31-25/h14-15,27-28H,6-13,16H2,1-5H3. The van der Waals surface area contributed by atoms with Gasteiger partial charge in [0.1, 0.15) is 12.4 Å². The zero-order chi connectivity index (χ0) is 22.6. The minimum Gasteiger partial charge on any atom is -0.492 e. The lowest BCUT2D eigenvalue weighted by Crippen LogP contribution is -2.24. The smallest absolute Gasteiger partial charge is 0.173 e. The fraction of sp³-hybridized carbons (Fsp3) is 0.577. The van der Waals surface area contributed by atoms with Gasteiger partial charge in [-0.1, -0.05) is 26.0 Å². The first-order chi connectivity index (χ1) is 14.7. The summed E-state index contributed by atoms with van der Waals surface area (Å²) in [6.45, 7) is 13.0. The Morgan fingerprint density at radius 1 is 1.16 bits per heavy atom. The molecule has 0 bridgehead atoms. The number of thiophene rings is 1. The monoisotopic (exact) mass is 443 g/mol. The summed E-state index contributed by atoms with van der Waals surface area (Å²) in [6.07, 6.45) is 4.60. The van der Waals surface area contributed by atoms with Crippen molar-refractivity contribution >= 4 is 17.1 Å². The van der Waals surface area contributed by atoms with E-state index in [9.17, 15) is 4.79 Å². The summed E-state index contributed by atoms with van der Waals surface area (Å²) in [5.41, 5.74) is 6.51. The van der Waals surface area contributed by atoms with Gasteiger partial charge >= 0.3 is 0 Å². The van der Waals surface area contributed by atoms with Gasteiger partial charge in [-0.3, -0.25) is 4.79 Å². The molecule has 2 aromatic rings. The number of ether oxygens (including phenoxy) is 1. The Morgan fingerprint density at radius 2 is 1.87 bits per heavy atom. The van der Waals surface area contributed by atoms with Crippen LogP contribution in [0.15, 0.2) is 12.1 Å². The molecular formula is C26H37NO3S. The second kappa shape index (κ2) is 10.3. The van der Waals surface area contributed by atoms with E-state index in [1.165, 1.54) is 21.6 Å². The molecule has 0 aliphatic heterocycles. The average Bonchev–Trinajstić information content (AvgIpc) is 3.02. The predicted molar refractivity (Wildman–Crippen MR) is 129 cm³/mol. The van der Waals surface area contributed by atoms with Crippen LogP contribution in [0.5, 0.6) is 5.75 Å². The molecule has 0 atom stereocenters. The van der Waals surface area contributed by atoms with Crippen LogP contribution in [0.4, 0.5) is 0 Å². The number of aryl methyl sites for hydroxylation is 4. The number of rotatable bonds is 10. The molecule has 0 unspecified atom stereocenters. The van der Waals surface area contributed by atoms with Crippen molar-refractivity contribution in [2.75, 3.05) is 26.3 Å². The van der Waals surface area contributed by atoms with Crippen molar-refractivity contribution in [3.05, 3.63) is 49.7 Å². The summed E-state index contributed by atoms with van der Waals surface area (Å²) in [5, 5.41) is 11.9. The second-order valence-electron chi connectivity index (χ2n) is 9.59. The zero-order valence-electron chi connectivity index (χ0n) is 19.7. The number of nitrogens with one attached hydrogen (secondary N) is 1. The summed E-state index contributed by atoms with van der Waals surface area (Å²) in [7, 11) is 0. The van der Waals surface area contributed by atoms with Crippen molar-refractivity contribution in [3.63, 3.8) is 0 Å². The maximum absolute atomic E-state index is 13.1. The number of aliphatic hydroxyl groups is 1. The summed E-state index contributed by atoms with van der Waals surface area (Å²) in [6, 6.07) is 4.29. The van der Waals surface area contributed by atoms with Gasteiger partial charge in [0.25, 0.3) is 0 Å². The normalized spacial score (nSPS) is 15.0. The Hall–Kier alpha value is -1.69. The molecule has 1 heterocycles. The van der Waals surface area contributed by atoms with Gasteiger partial charge in [0.15, 0.2) is 5.78 Å². The molecule has 1 aromatic heterocycles. The molecule has 170 valence electrons. The molecule has 5 heteroatoms. The molecule has 2 N–H and O–H groups in total. The third kappa shape index (κ3) is 5.97. The second-order valence-corrected chi connectivity index (χ2v) is 10.8. The number of carbonyl (C=O) groups excluding carboxylic acids is 1. The van der Waals surface area contributed by atoms with Crippen molar-refractivity contribution in [1.29, 1.82) is 0 Å².